The monoisotopic (exact) mass is 190 g/mol. The lowest BCUT2D eigenvalue weighted by atomic mass is 10.1. The smallest absolute Gasteiger partial charge is 0.338 e. The van der Waals surface area contributed by atoms with Crippen molar-refractivity contribution >= 4 is 5.97 Å². The second-order valence-electron chi connectivity index (χ2n) is 2.99. The van der Waals surface area contributed by atoms with E-state index in [1.165, 1.54) is 0 Å². The second-order valence-corrected chi connectivity index (χ2v) is 2.99. The summed E-state index contributed by atoms with van der Waals surface area (Å²) in [5, 5.41) is 17.9. The Morgan fingerprint density at radius 3 is 3.00 bits per heavy atom. The molecule has 6 heteroatoms. The normalized spacial score (nSPS) is 40.2. The van der Waals surface area contributed by atoms with Crippen molar-refractivity contribution < 1.29 is 29.2 Å². The van der Waals surface area contributed by atoms with E-state index in [9.17, 15) is 9.90 Å². The maximum Gasteiger partial charge on any atom is 0.338 e. The van der Waals surface area contributed by atoms with Gasteiger partial charge in [-0.05, 0) is 0 Å². The van der Waals surface area contributed by atoms with Crippen LogP contribution < -0.4 is 0 Å². The highest BCUT2D eigenvalue weighted by Gasteiger charge is 2.52. The fourth-order valence-corrected chi connectivity index (χ4v) is 1.51. The van der Waals surface area contributed by atoms with Crippen molar-refractivity contribution in [2.75, 3.05) is 13.4 Å². The minimum Gasteiger partial charge on any atom is -0.455 e. The Morgan fingerprint density at radius 1 is 1.54 bits per heavy atom. The first kappa shape index (κ1) is 8.89. The number of hydrogen-bond acceptors (Lipinski definition) is 6. The van der Waals surface area contributed by atoms with E-state index >= 15 is 0 Å². The second kappa shape index (κ2) is 3.22. The van der Waals surface area contributed by atoms with Gasteiger partial charge in [0.15, 0.2) is 12.2 Å². The molecule has 6 nitrogen and oxygen atoms in total. The molecule has 0 aromatic heterocycles. The molecule has 0 amide bonds. The number of carbonyl (C=O) groups is 1. The number of fused-ring (bicyclic) bond motifs is 1. The van der Waals surface area contributed by atoms with E-state index in [1.54, 1.807) is 0 Å². The lowest BCUT2D eigenvalue weighted by Gasteiger charge is -2.18. The highest BCUT2D eigenvalue weighted by Crippen LogP contribution is 2.28. The van der Waals surface area contributed by atoms with Crippen molar-refractivity contribution in [1.82, 2.24) is 0 Å². The molecule has 2 aliphatic rings. The van der Waals surface area contributed by atoms with Gasteiger partial charge >= 0.3 is 5.97 Å². The van der Waals surface area contributed by atoms with Crippen LogP contribution in [0.25, 0.3) is 0 Å². The first-order valence-electron chi connectivity index (χ1n) is 3.96. The molecule has 0 aliphatic carbocycles. The number of rotatable bonds is 2. The van der Waals surface area contributed by atoms with Crippen LogP contribution in [-0.4, -0.2) is 54.0 Å². The van der Waals surface area contributed by atoms with Gasteiger partial charge in [-0.25, -0.2) is 4.79 Å². The standard InChI is InChI=1S/C7H10O6/c8-1-3(9)4-5-6(7(10)13-4)12-2-11-5/h3-6,8-9H,1-2H2/t3-,4+,5-,6-/m0/s1. The zero-order chi connectivity index (χ0) is 9.42. The third-order valence-corrected chi connectivity index (χ3v) is 2.18. The van der Waals surface area contributed by atoms with Crippen molar-refractivity contribution in [3.63, 3.8) is 0 Å². The highest BCUT2D eigenvalue weighted by atomic mass is 16.7. The summed E-state index contributed by atoms with van der Waals surface area (Å²) in [5.41, 5.74) is 0. The molecule has 0 radical (unpaired) electrons. The van der Waals surface area contributed by atoms with Gasteiger partial charge in [0.1, 0.15) is 19.0 Å². The van der Waals surface area contributed by atoms with Crippen LogP contribution in [0.2, 0.25) is 0 Å². The van der Waals surface area contributed by atoms with E-state index in [4.69, 9.17) is 19.3 Å². The Kier molecular flexibility index (Phi) is 2.20. The maximum absolute atomic E-state index is 11.1. The fourth-order valence-electron chi connectivity index (χ4n) is 1.51. The van der Waals surface area contributed by atoms with Crippen LogP contribution in [-0.2, 0) is 19.0 Å². The first-order chi connectivity index (χ1) is 6.24. The quantitative estimate of drug-likeness (QED) is 0.490. The Hall–Kier alpha value is -0.690. The number of aliphatic hydroxyl groups is 2. The first-order valence-corrected chi connectivity index (χ1v) is 3.96. The van der Waals surface area contributed by atoms with E-state index in [1.807, 2.05) is 0 Å². The predicted molar refractivity (Wildman–Crippen MR) is 37.6 cm³/mol. The van der Waals surface area contributed by atoms with Crippen LogP contribution in [0.5, 0.6) is 0 Å². The molecule has 4 atom stereocenters. The Balaban J connectivity index is 2.10. The van der Waals surface area contributed by atoms with E-state index in [0.717, 1.165) is 0 Å². The molecule has 2 N–H and O–H groups in total. The van der Waals surface area contributed by atoms with Gasteiger partial charge in [-0.15, -0.1) is 0 Å². The lowest BCUT2D eigenvalue weighted by Crippen LogP contribution is -2.39. The van der Waals surface area contributed by atoms with Crippen LogP contribution in [0.4, 0.5) is 0 Å². The van der Waals surface area contributed by atoms with E-state index < -0.39 is 37.0 Å². The number of hydrogen-bond donors (Lipinski definition) is 2. The highest BCUT2D eigenvalue weighted by molar-refractivity contribution is 5.78. The lowest BCUT2D eigenvalue weighted by molar-refractivity contribution is -0.159. The zero-order valence-electron chi connectivity index (χ0n) is 6.75. The summed E-state index contributed by atoms with van der Waals surface area (Å²) in [6.45, 7) is -0.441. The molecule has 0 saturated carbocycles. The summed E-state index contributed by atoms with van der Waals surface area (Å²) < 4.78 is 14.8. The van der Waals surface area contributed by atoms with Crippen molar-refractivity contribution in [2.24, 2.45) is 0 Å². The molecular weight excluding hydrogens is 180 g/mol. The van der Waals surface area contributed by atoms with E-state index in [-0.39, 0.29) is 6.79 Å². The Morgan fingerprint density at radius 2 is 2.31 bits per heavy atom. The third-order valence-electron chi connectivity index (χ3n) is 2.18. The van der Waals surface area contributed by atoms with Crippen LogP contribution in [0, 0.1) is 0 Å². The molecule has 2 aliphatic heterocycles. The van der Waals surface area contributed by atoms with E-state index in [2.05, 4.69) is 0 Å². The number of carbonyl (C=O) groups excluding carboxylic acids is 1. The minimum absolute atomic E-state index is 0.0269. The van der Waals surface area contributed by atoms with Crippen LogP contribution in [0.15, 0.2) is 0 Å². The molecule has 0 unspecified atom stereocenters. The predicted octanol–water partition coefficient (Wildman–Crippen LogP) is -1.99. The van der Waals surface area contributed by atoms with Crippen LogP contribution in [0.1, 0.15) is 0 Å². The van der Waals surface area contributed by atoms with Gasteiger partial charge in [-0.3, -0.25) is 0 Å². The molecule has 2 rings (SSSR count). The average molecular weight is 190 g/mol. The molecule has 0 bridgehead atoms. The van der Waals surface area contributed by atoms with Gasteiger partial charge in [0.05, 0.1) is 6.61 Å². The fraction of sp³-hybridized carbons (Fsp3) is 0.857. The summed E-state index contributed by atoms with van der Waals surface area (Å²) in [6, 6.07) is 0. The maximum atomic E-state index is 11.1. The van der Waals surface area contributed by atoms with Crippen molar-refractivity contribution in [3.05, 3.63) is 0 Å². The summed E-state index contributed by atoms with van der Waals surface area (Å²) in [4.78, 5) is 11.1. The van der Waals surface area contributed by atoms with Gasteiger partial charge in [0, 0.05) is 0 Å². The molecule has 13 heavy (non-hydrogen) atoms. The van der Waals surface area contributed by atoms with Gasteiger partial charge < -0.3 is 24.4 Å². The Bertz CT molecular complexity index is 217. The number of cyclic esters (lactones) is 1. The number of esters is 1. The van der Waals surface area contributed by atoms with E-state index in [0.29, 0.717) is 0 Å². The molecule has 0 aromatic carbocycles. The molecule has 0 spiro atoms. The number of aliphatic hydroxyl groups excluding tert-OH is 2. The molecule has 2 saturated heterocycles. The summed E-state index contributed by atoms with van der Waals surface area (Å²) in [5.74, 6) is -0.542. The van der Waals surface area contributed by atoms with Crippen LogP contribution in [0.3, 0.4) is 0 Å². The SMILES string of the molecule is O=C1O[C@H]([C@@H](O)CO)[C@@H]2OCO[C@H]12. The van der Waals surface area contributed by atoms with Crippen molar-refractivity contribution in [2.45, 2.75) is 24.4 Å². The van der Waals surface area contributed by atoms with Crippen molar-refractivity contribution in [3.8, 4) is 0 Å². The largest absolute Gasteiger partial charge is 0.455 e. The van der Waals surface area contributed by atoms with Gasteiger partial charge in [-0.1, -0.05) is 0 Å². The van der Waals surface area contributed by atoms with Crippen molar-refractivity contribution in [1.29, 1.82) is 0 Å². The van der Waals surface area contributed by atoms with Gasteiger partial charge in [0.2, 0.25) is 0 Å². The Labute approximate surface area is 74.0 Å². The molecule has 2 fully saturated rings. The third kappa shape index (κ3) is 1.31. The summed E-state index contributed by atoms with van der Waals surface area (Å²) >= 11 is 0. The zero-order valence-corrected chi connectivity index (χ0v) is 6.75. The van der Waals surface area contributed by atoms with Crippen LogP contribution >= 0.6 is 0 Å². The average Bonchev–Trinajstić information content (AvgIpc) is 2.68. The van der Waals surface area contributed by atoms with Gasteiger partial charge in [0.25, 0.3) is 0 Å². The topological polar surface area (TPSA) is 85.2 Å². The summed E-state index contributed by atoms with van der Waals surface area (Å²) in [6.07, 6.45) is -3.26. The van der Waals surface area contributed by atoms with Gasteiger partial charge in [-0.2, -0.15) is 0 Å². The summed E-state index contributed by atoms with van der Waals surface area (Å²) in [7, 11) is 0. The minimum atomic E-state index is -1.11. The molecule has 0 aromatic rings. The molecular formula is C7H10O6. The molecule has 2 heterocycles. The molecule has 74 valence electrons. The number of ether oxygens (including phenoxy) is 3.